The predicted octanol–water partition coefficient (Wildman–Crippen LogP) is 4.23. The predicted molar refractivity (Wildman–Crippen MR) is 124 cm³/mol. The molecule has 0 radical (unpaired) electrons. The molecule has 3 heterocycles. The van der Waals surface area contributed by atoms with Crippen molar-refractivity contribution in [1.82, 2.24) is 0 Å². The first-order chi connectivity index (χ1) is 17.0. The number of ketones is 1. The van der Waals surface area contributed by atoms with Crippen LogP contribution in [-0.2, 0) is 4.79 Å². The Hall–Kier alpha value is -4.46. The average molecular weight is 472 g/mol. The second-order valence-electron chi connectivity index (χ2n) is 8.36. The van der Waals surface area contributed by atoms with E-state index in [0.717, 1.165) is 11.1 Å². The van der Waals surface area contributed by atoms with Gasteiger partial charge in [-0.1, -0.05) is 12.1 Å². The SMILES string of the molecule is COc1cc(C2CC(=O)Oc3ccc4c(c32)OC(=Cc2ccc3c(c2)OCCO3)C4=O)ccc1O. The van der Waals surface area contributed by atoms with Crippen molar-refractivity contribution in [3.8, 4) is 34.5 Å². The summed E-state index contributed by atoms with van der Waals surface area (Å²) in [7, 11) is 1.45. The maximum absolute atomic E-state index is 13.2. The van der Waals surface area contributed by atoms with E-state index in [9.17, 15) is 14.7 Å². The molecule has 1 atom stereocenters. The normalized spacial score (nSPS) is 19.0. The highest BCUT2D eigenvalue weighted by Gasteiger charge is 2.38. The number of phenolic OH excluding ortho intramolecular Hbond substituents is 1. The van der Waals surface area contributed by atoms with E-state index in [4.69, 9.17) is 23.7 Å². The van der Waals surface area contributed by atoms with Gasteiger partial charge in [0.1, 0.15) is 24.7 Å². The van der Waals surface area contributed by atoms with Crippen LogP contribution in [0.25, 0.3) is 6.08 Å². The highest BCUT2D eigenvalue weighted by atomic mass is 16.6. The number of esters is 1. The van der Waals surface area contributed by atoms with Gasteiger partial charge in [-0.05, 0) is 53.6 Å². The van der Waals surface area contributed by atoms with Crippen molar-refractivity contribution in [1.29, 1.82) is 0 Å². The molecule has 1 unspecified atom stereocenters. The molecule has 1 N–H and O–H groups in total. The molecule has 3 aliphatic rings. The summed E-state index contributed by atoms with van der Waals surface area (Å²) in [5.41, 5.74) is 2.45. The molecule has 3 aromatic rings. The van der Waals surface area contributed by atoms with Crippen LogP contribution in [0.15, 0.2) is 54.3 Å². The van der Waals surface area contributed by atoms with Gasteiger partial charge >= 0.3 is 5.97 Å². The zero-order chi connectivity index (χ0) is 24.1. The third-order valence-corrected chi connectivity index (χ3v) is 6.25. The molecule has 176 valence electrons. The molecule has 0 aliphatic carbocycles. The first-order valence-electron chi connectivity index (χ1n) is 11.1. The Bertz CT molecular complexity index is 1420. The number of Topliss-reactive ketones (excluding diaryl/α,β-unsaturated/α-hetero) is 1. The van der Waals surface area contributed by atoms with E-state index in [0.29, 0.717) is 47.3 Å². The lowest BCUT2D eigenvalue weighted by atomic mass is 9.84. The molecule has 3 aromatic carbocycles. The number of fused-ring (bicyclic) bond motifs is 4. The Kier molecular flexibility index (Phi) is 4.88. The van der Waals surface area contributed by atoms with Crippen LogP contribution in [0.2, 0.25) is 0 Å². The molecule has 0 amide bonds. The highest BCUT2D eigenvalue weighted by Crippen LogP contribution is 2.49. The smallest absolute Gasteiger partial charge is 0.312 e. The fraction of sp³-hybridized carbons (Fsp3) is 0.185. The number of aromatic hydroxyl groups is 1. The maximum Gasteiger partial charge on any atom is 0.312 e. The van der Waals surface area contributed by atoms with Gasteiger partial charge in [0.15, 0.2) is 28.8 Å². The maximum atomic E-state index is 13.2. The van der Waals surface area contributed by atoms with Crippen molar-refractivity contribution in [2.45, 2.75) is 12.3 Å². The van der Waals surface area contributed by atoms with Crippen molar-refractivity contribution in [2.75, 3.05) is 20.3 Å². The lowest BCUT2D eigenvalue weighted by Gasteiger charge is -2.26. The minimum absolute atomic E-state index is 0.00998. The van der Waals surface area contributed by atoms with Gasteiger partial charge in [-0.25, -0.2) is 0 Å². The van der Waals surface area contributed by atoms with Crippen LogP contribution < -0.4 is 23.7 Å². The van der Waals surface area contributed by atoms with Crippen LogP contribution in [0.4, 0.5) is 0 Å². The number of carbonyl (C=O) groups is 2. The molecule has 0 bridgehead atoms. The van der Waals surface area contributed by atoms with Gasteiger partial charge in [0.05, 0.1) is 19.1 Å². The minimum Gasteiger partial charge on any atom is -0.504 e. The van der Waals surface area contributed by atoms with Gasteiger partial charge in [0.25, 0.3) is 0 Å². The number of benzene rings is 3. The van der Waals surface area contributed by atoms with E-state index in [1.54, 1.807) is 42.5 Å². The summed E-state index contributed by atoms with van der Waals surface area (Å²) in [5.74, 6) is 1.29. The van der Waals surface area contributed by atoms with Crippen LogP contribution in [0.5, 0.6) is 34.5 Å². The van der Waals surface area contributed by atoms with Gasteiger partial charge in [0, 0.05) is 11.5 Å². The molecule has 0 spiro atoms. The summed E-state index contributed by atoms with van der Waals surface area (Å²) >= 11 is 0. The summed E-state index contributed by atoms with van der Waals surface area (Å²) in [6.07, 6.45) is 1.70. The van der Waals surface area contributed by atoms with Crippen LogP contribution in [0, 0.1) is 0 Å². The zero-order valence-corrected chi connectivity index (χ0v) is 18.7. The first-order valence-corrected chi connectivity index (χ1v) is 11.1. The number of hydrogen-bond acceptors (Lipinski definition) is 8. The van der Waals surface area contributed by atoms with Gasteiger partial charge in [-0.2, -0.15) is 0 Å². The first kappa shape index (κ1) is 21.1. The average Bonchev–Trinajstić information content (AvgIpc) is 3.18. The van der Waals surface area contributed by atoms with E-state index in [1.165, 1.54) is 13.2 Å². The van der Waals surface area contributed by atoms with Crippen LogP contribution in [-0.4, -0.2) is 37.2 Å². The second kappa shape index (κ2) is 8.09. The number of methoxy groups -OCH3 is 1. The third-order valence-electron chi connectivity index (χ3n) is 6.25. The van der Waals surface area contributed by atoms with Crippen molar-refractivity contribution in [3.05, 3.63) is 76.5 Å². The standard InChI is InChI=1S/C27H20O8/c1-31-21-12-15(3-5-18(21)28)17-13-24(29)34-20-7-4-16-26(30)23(35-27(16)25(17)20)11-14-2-6-19-22(10-14)33-9-8-32-19/h2-7,10-12,17,28H,8-9,13H2,1H3. The number of carbonyl (C=O) groups excluding carboxylic acids is 2. The Labute approximate surface area is 200 Å². The van der Waals surface area contributed by atoms with E-state index >= 15 is 0 Å². The van der Waals surface area contributed by atoms with E-state index < -0.39 is 11.9 Å². The summed E-state index contributed by atoms with van der Waals surface area (Å²) in [6.45, 7) is 0.955. The molecule has 8 nitrogen and oxygen atoms in total. The van der Waals surface area contributed by atoms with E-state index in [1.807, 2.05) is 6.07 Å². The summed E-state index contributed by atoms with van der Waals surface area (Å²) in [4.78, 5) is 25.6. The summed E-state index contributed by atoms with van der Waals surface area (Å²) in [5, 5.41) is 10.0. The Balaban J connectivity index is 1.41. The minimum atomic E-state index is -0.447. The van der Waals surface area contributed by atoms with Crippen molar-refractivity contribution >= 4 is 17.8 Å². The fourth-order valence-corrected chi connectivity index (χ4v) is 4.60. The van der Waals surface area contributed by atoms with Gasteiger partial charge in [0.2, 0.25) is 5.78 Å². The van der Waals surface area contributed by atoms with Gasteiger partial charge in [-0.15, -0.1) is 0 Å². The quantitative estimate of drug-likeness (QED) is 0.343. The number of rotatable bonds is 3. The third kappa shape index (κ3) is 3.54. The van der Waals surface area contributed by atoms with E-state index in [2.05, 4.69) is 0 Å². The molecule has 0 fully saturated rings. The molecule has 0 saturated carbocycles. The zero-order valence-electron chi connectivity index (χ0n) is 18.7. The lowest BCUT2D eigenvalue weighted by molar-refractivity contribution is -0.135. The number of allylic oxidation sites excluding steroid dienone is 1. The summed E-state index contributed by atoms with van der Waals surface area (Å²) in [6, 6.07) is 13.5. The molecular formula is C27H20O8. The molecule has 0 aromatic heterocycles. The Morgan fingerprint density at radius 2 is 1.74 bits per heavy atom. The van der Waals surface area contributed by atoms with Crippen molar-refractivity contribution in [3.63, 3.8) is 0 Å². The van der Waals surface area contributed by atoms with Gasteiger partial charge in [-0.3, -0.25) is 9.59 Å². The van der Waals surface area contributed by atoms with Crippen LogP contribution >= 0.6 is 0 Å². The summed E-state index contributed by atoms with van der Waals surface area (Å²) < 4.78 is 28.0. The molecular weight excluding hydrogens is 452 g/mol. The van der Waals surface area contributed by atoms with E-state index in [-0.39, 0.29) is 29.5 Å². The molecule has 0 saturated heterocycles. The Morgan fingerprint density at radius 1 is 0.943 bits per heavy atom. The number of phenols is 1. The highest BCUT2D eigenvalue weighted by molar-refractivity contribution is 6.15. The second-order valence-corrected chi connectivity index (χ2v) is 8.36. The fourth-order valence-electron chi connectivity index (χ4n) is 4.60. The number of hydrogen-bond donors (Lipinski definition) is 1. The number of ether oxygens (including phenoxy) is 5. The van der Waals surface area contributed by atoms with Crippen molar-refractivity contribution < 1.29 is 38.4 Å². The topological polar surface area (TPSA) is 101 Å². The molecule has 3 aliphatic heterocycles. The van der Waals surface area contributed by atoms with Crippen LogP contribution in [0.3, 0.4) is 0 Å². The lowest BCUT2D eigenvalue weighted by Crippen LogP contribution is -2.21. The van der Waals surface area contributed by atoms with Crippen molar-refractivity contribution in [2.24, 2.45) is 0 Å². The molecule has 35 heavy (non-hydrogen) atoms. The Morgan fingerprint density at radius 3 is 2.57 bits per heavy atom. The molecule has 6 rings (SSSR count). The largest absolute Gasteiger partial charge is 0.504 e. The van der Waals surface area contributed by atoms with Gasteiger partial charge < -0.3 is 28.8 Å². The monoisotopic (exact) mass is 472 g/mol. The van der Waals surface area contributed by atoms with Crippen LogP contribution in [0.1, 0.15) is 39.4 Å². The molecule has 8 heteroatoms.